The summed E-state index contributed by atoms with van der Waals surface area (Å²) in [5, 5.41) is 15.3. The van der Waals surface area contributed by atoms with E-state index in [2.05, 4.69) is 18.6 Å². The Kier molecular flexibility index (Phi) is 4.89. The van der Waals surface area contributed by atoms with Gasteiger partial charge in [-0.2, -0.15) is 0 Å². The average molecular weight is 421 g/mol. The second-order valence-corrected chi connectivity index (χ2v) is 7.52. The molecule has 0 amide bonds. The number of nitro groups is 1. The van der Waals surface area contributed by atoms with Gasteiger partial charge in [0, 0.05) is 0 Å². The molecule has 2 aromatic rings. The predicted octanol–water partition coefficient (Wildman–Crippen LogP) is -0.180. The van der Waals surface area contributed by atoms with E-state index in [1.165, 1.54) is 19.2 Å². The summed E-state index contributed by atoms with van der Waals surface area (Å²) in [6.45, 7) is 7.58. The summed E-state index contributed by atoms with van der Waals surface area (Å²) in [5.41, 5.74) is 1.06. The molecule has 0 aliphatic heterocycles. The second kappa shape index (κ2) is 6.48. The minimum absolute atomic E-state index is 0.0854. The molecule has 0 saturated heterocycles. The van der Waals surface area contributed by atoms with Gasteiger partial charge in [-0.3, -0.25) is 0 Å². The van der Waals surface area contributed by atoms with Crippen LogP contribution in [0.4, 0.5) is 5.69 Å². The number of aromatic nitrogens is 1. The zero-order valence-corrected chi connectivity index (χ0v) is 14.2. The topological polar surface area (TPSA) is 95.5 Å². The van der Waals surface area contributed by atoms with Gasteiger partial charge in [-0.05, 0) is 0 Å². The zero-order chi connectivity index (χ0) is 15.6. The molecular formula is C12H11IN2O5P-. The number of benzene rings is 1. The molecule has 0 saturated carbocycles. The summed E-state index contributed by atoms with van der Waals surface area (Å²) in [7, 11) is 0. The first-order valence-corrected chi connectivity index (χ1v) is 11.1. The van der Waals surface area contributed by atoms with E-state index in [1.807, 2.05) is 0 Å². The Morgan fingerprint density at radius 2 is 2.43 bits per heavy atom. The van der Waals surface area contributed by atoms with Crippen molar-refractivity contribution < 1.29 is 39.6 Å². The third-order valence-electron chi connectivity index (χ3n) is 2.73. The third kappa shape index (κ3) is 3.06. The monoisotopic (exact) mass is 421 g/mol. The van der Waals surface area contributed by atoms with Gasteiger partial charge in [0.2, 0.25) is 0 Å². The van der Waals surface area contributed by atoms with Crippen molar-refractivity contribution in [1.29, 1.82) is 0 Å². The van der Waals surface area contributed by atoms with Crippen LogP contribution in [0.15, 0.2) is 23.4 Å². The number of alkyl halides is 1. The van der Waals surface area contributed by atoms with Crippen LogP contribution in [0.1, 0.15) is 22.2 Å². The number of ether oxygens (including phenoxy) is 1. The number of carbonyl (C=O) groups excluding carboxylic acids is 1. The van der Waals surface area contributed by atoms with Gasteiger partial charge in [0.25, 0.3) is 0 Å². The number of esters is 1. The molecular weight excluding hydrogens is 410 g/mol. The van der Waals surface area contributed by atoms with Crippen LogP contribution in [0.25, 0.3) is 17.0 Å². The van der Waals surface area contributed by atoms with Gasteiger partial charge in [0.15, 0.2) is 0 Å². The fourth-order valence-corrected chi connectivity index (χ4v) is 4.58. The van der Waals surface area contributed by atoms with Gasteiger partial charge < -0.3 is 0 Å². The Morgan fingerprint density at radius 1 is 1.71 bits per heavy atom. The third-order valence-corrected chi connectivity index (χ3v) is 5.84. The van der Waals surface area contributed by atoms with E-state index in [4.69, 9.17) is 9.26 Å². The molecule has 0 fully saturated rings. The molecule has 0 spiro atoms. The number of hydrogen-bond acceptors (Lipinski definition) is 6. The fraction of sp³-hybridized carbons (Fsp3) is 0.167. The molecule has 2 rings (SSSR count). The first-order chi connectivity index (χ1) is 9.99. The first kappa shape index (κ1) is 15.8. The van der Waals surface area contributed by atoms with Crippen molar-refractivity contribution in [2.75, 3.05) is 0 Å². The molecule has 9 heteroatoms. The SMILES string of the molecule is C=Cc1c(C(OC(C)=O)[I-]P)cc([N+](=O)[O-])c2oncc12. The Labute approximate surface area is 131 Å². The van der Waals surface area contributed by atoms with Gasteiger partial charge in [0.1, 0.15) is 0 Å². The summed E-state index contributed by atoms with van der Waals surface area (Å²) in [6, 6.07) is 1.36. The van der Waals surface area contributed by atoms with E-state index >= 15 is 0 Å². The van der Waals surface area contributed by atoms with E-state index in [0.717, 1.165) is 0 Å². The maximum absolute atomic E-state index is 11.2. The molecule has 0 aliphatic carbocycles. The fourth-order valence-electron chi connectivity index (χ4n) is 1.92. The number of hydrogen-bond donors (Lipinski definition) is 0. The van der Waals surface area contributed by atoms with Crippen LogP contribution < -0.4 is 20.7 Å². The molecule has 0 N–H and O–H groups in total. The van der Waals surface area contributed by atoms with Crippen LogP contribution >= 0.6 is 6.88 Å². The summed E-state index contributed by atoms with van der Waals surface area (Å²) in [5.74, 6) is -0.440. The quantitative estimate of drug-likeness (QED) is 0.166. The molecule has 1 aromatic carbocycles. The number of carbonyl (C=O) groups is 1. The first-order valence-electron chi connectivity index (χ1n) is 5.67. The summed E-state index contributed by atoms with van der Waals surface area (Å²) < 4.78 is 9.70. The van der Waals surface area contributed by atoms with Crippen molar-refractivity contribution >= 4 is 35.6 Å². The van der Waals surface area contributed by atoms with Gasteiger partial charge in [-0.15, -0.1) is 0 Å². The van der Waals surface area contributed by atoms with Crippen molar-refractivity contribution in [3.63, 3.8) is 0 Å². The predicted molar refractivity (Wildman–Crippen MR) is 75.0 cm³/mol. The molecule has 2 atom stereocenters. The van der Waals surface area contributed by atoms with E-state index in [9.17, 15) is 14.9 Å². The molecule has 112 valence electrons. The van der Waals surface area contributed by atoms with Gasteiger partial charge in [0.05, 0.1) is 0 Å². The number of halogens is 1. The molecule has 2 unspecified atom stereocenters. The molecule has 7 nitrogen and oxygen atoms in total. The van der Waals surface area contributed by atoms with Crippen LogP contribution in [-0.2, 0) is 9.53 Å². The van der Waals surface area contributed by atoms with Crippen LogP contribution in [0.5, 0.6) is 0 Å². The van der Waals surface area contributed by atoms with Crippen LogP contribution in [0.2, 0.25) is 0 Å². The van der Waals surface area contributed by atoms with Crippen LogP contribution in [0, 0.1) is 10.1 Å². The van der Waals surface area contributed by atoms with Gasteiger partial charge in [-0.25, -0.2) is 0 Å². The molecule has 1 aromatic heterocycles. The number of nitrogens with zero attached hydrogens (tertiary/aromatic N) is 2. The van der Waals surface area contributed by atoms with Crippen molar-refractivity contribution in [1.82, 2.24) is 5.16 Å². The summed E-state index contributed by atoms with van der Waals surface area (Å²) in [4.78, 5) is 21.9. The normalized spacial score (nSPS) is 12.3. The van der Waals surface area contributed by atoms with Crippen LogP contribution in [-0.4, -0.2) is 16.0 Å². The van der Waals surface area contributed by atoms with Crippen molar-refractivity contribution in [2.45, 2.75) is 11.0 Å². The molecule has 0 bridgehead atoms. The number of fused-ring (bicyclic) bond motifs is 1. The molecule has 21 heavy (non-hydrogen) atoms. The Bertz CT molecular complexity index is 730. The Morgan fingerprint density at radius 3 is 2.95 bits per heavy atom. The second-order valence-electron chi connectivity index (χ2n) is 3.98. The summed E-state index contributed by atoms with van der Waals surface area (Å²) in [6.07, 6.45) is 2.95. The van der Waals surface area contributed by atoms with Crippen molar-refractivity contribution in [3.05, 3.63) is 40.1 Å². The molecule has 0 radical (unpaired) electrons. The Balaban J connectivity index is 2.74. The number of nitro benzene ring substituents is 1. The van der Waals surface area contributed by atoms with E-state index in [0.29, 0.717) is 16.5 Å². The van der Waals surface area contributed by atoms with E-state index in [-0.39, 0.29) is 11.3 Å². The number of rotatable bonds is 5. The minimum atomic E-state index is -0.616. The molecule has 0 aliphatic rings. The van der Waals surface area contributed by atoms with E-state index in [1.54, 1.807) is 6.08 Å². The maximum atomic E-state index is 11.2. The van der Waals surface area contributed by atoms with Gasteiger partial charge in [-0.1, -0.05) is 0 Å². The molecule has 1 heterocycles. The van der Waals surface area contributed by atoms with Crippen LogP contribution in [0.3, 0.4) is 0 Å². The number of non-ortho nitro benzene ring substituents is 1. The average Bonchev–Trinajstić information content (AvgIpc) is 2.91. The van der Waals surface area contributed by atoms with Crippen molar-refractivity contribution in [3.8, 4) is 0 Å². The zero-order valence-electron chi connectivity index (χ0n) is 10.9. The van der Waals surface area contributed by atoms with Gasteiger partial charge >= 0.3 is 131 Å². The summed E-state index contributed by atoms with van der Waals surface area (Å²) >= 11 is -0.616. The standard InChI is InChI=1S/C12H11IN2O5P/c1-3-7-8(12(13-21)19-6(2)16)4-10(15(17)18)11-9(7)5-14-20-11/h3-5,12H,1,21H2,2H3/q-1. The Hall–Kier alpha value is -1.54. The van der Waals surface area contributed by atoms with E-state index < -0.39 is 35.7 Å². The van der Waals surface area contributed by atoms with Crippen molar-refractivity contribution in [2.24, 2.45) is 0 Å².